The molecule has 0 spiro atoms. The van der Waals surface area contributed by atoms with Crippen LogP contribution in [0, 0.1) is 17.7 Å². The Balaban J connectivity index is 1.55. The topological polar surface area (TPSA) is 110 Å². The second-order valence-corrected chi connectivity index (χ2v) is 7.22. The van der Waals surface area contributed by atoms with E-state index < -0.39 is 30.7 Å². The van der Waals surface area contributed by atoms with Gasteiger partial charge in [0.15, 0.2) is 6.61 Å². The Morgan fingerprint density at radius 3 is 2.31 bits per heavy atom. The molecule has 1 aliphatic heterocycles. The van der Waals surface area contributed by atoms with E-state index in [1.807, 2.05) is 0 Å². The Hall–Kier alpha value is -3.10. The van der Waals surface area contributed by atoms with E-state index in [0.717, 1.165) is 23.8 Å². The first-order chi connectivity index (χ1) is 13.8. The summed E-state index contributed by atoms with van der Waals surface area (Å²) in [6.07, 6.45) is 3.01. The molecule has 1 aromatic carbocycles. The smallest absolute Gasteiger partial charge is 0.326 e. The largest absolute Gasteiger partial charge is 0.456 e. The summed E-state index contributed by atoms with van der Waals surface area (Å²) in [5, 5.41) is 2.39. The third-order valence-electron chi connectivity index (χ3n) is 5.17. The highest BCUT2D eigenvalue weighted by molar-refractivity contribution is 6.07. The first kappa shape index (κ1) is 20.6. The van der Waals surface area contributed by atoms with Crippen molar-refractivity contribution in [1.82, 2.24) is 4.90 Å². The zero-order valence-corrected chi connectivity index (χ0v) is 15.9. The van der Waals surface area contributed by atoms with Crippen LogP contribution in [0.5, 0.6) is 0 Å². The maximum atomic E-state index is 14.1. The van der Waals surface area contributed by atoms with Crippen molar-refractivity contribution in [3.63, 3.8) is 0 Å². The number of imide groups is 1. The zero-order chi connectivity index (χ0) is 21.1. The fourth-order valence-corrected chi connectivity index (χ4v) is 3.81. The van der Waals surface area contributed by atoms with Crippen LogP contribution in [0.15, 0.2) is 18.2 Å². The van der Waals surface area contributed by atoms with Gasteiger partial charge in [-0.3, -0.25) is 28.9 Å². The van der Waals surface area contributed by atoms with Crippen molar-refractivity contribution >= 4 is 35.2 Å². The predicted molar refractivity (Wildman–Crippen MR) is 98.2 cm³/mol. The van der Waals surface area contributed by atoms with Crippen molar-refractivity contribution in [1.29, 1.82) is 0 Å². The highest BCUT2D eigenvalue weighted by Gasteiger charge is 2.48. The number of amides is 3. The molecule has 1 aromatic rings. The SMILES string of the molecule is CC(=O)Nc1ccc(C(=O)COC(=O)CN2C(=O)[C@H]3CCCC[C@@H]3C2=O)c(F)c1. The number of nitrogens with zero attached hydrogens (tertiary/aromatic N) is 1. The number of halogens is 1. The monoisotopic (exact) mass is 404 g/mol. The minimum absolute atomic E-state index is 0.191. The molecule has 1 N–H and O–H groups in total. The molecule has 0 unspecified atom stereocenters. The van der Waals surface area contributed by atoms with Crippen molar-refractivity contribution in [2.24, 2.45) is 11.8 Å². The number of ketones is 1. The van der Waals surface area contributed by atoms with E-state index in [-0.39, 0.29) is 40.8 Å². The van der Waals surface area contributed by atoms with E-state index in [1.165, 1.54) is 19.1 Å². The lowest BCUT2D eigenvalue weighted by atomic mass is 9.81. The number of hydrogen-bond acceptors (Lipinski definition) is 6. The van der Waals surface area contributed by atoms with Crippen molar-refractivity contribution in [3.05, 3.63) is 29.6 Å². The average Bonchev–Trinajstić information content (AvgIpc) is 2.91. The van der Waals surface area contributed by atoms with Crippen LogP contribution < -0.4 is 5.32 Å². The number of likely N-dealkylation sites (tertiary alicyclic amines) is 1. The number of esters is 1. The quantitative estimate of drug-likeness (QED) is 0.439. The molecule has 0 bridgehead atoms. The van der Waals surface area contributed by atoms with Crippen LogP contribution >= 0.6 is 0 Å². The Labute approximate surface area is 166 Å². The average molecular weight is 404 g/mol. The summed E-state index contributed by atoms with van der Waals surface area (Å²) in [7, 11) is 0. The lowest BCUT2D eigenvalue weighted by Crippen LogP contribution is -2.37. The Morgan fingerprint density at radius 2 is 1.76 bits per heavy atom. The normalized spacial score (nSPS) is 21.0. The molecule has 1 saturated carbocycles. The van der Waals surface area contributed by atoms with Gasteiger partial charge in [-0.1, -0.05) is 12.8 Å². The highest BCUT2D eigenvalue weighted by Crippen LogP contribution is 2.37. The number of carbonyl (C=O) groups is 5. The molecule has 29 heavy (non-hydrogen) atoms. The third-order valence-corrected chi connectivity index (χ3v) is 5.17. The maximum absolute atomic E-state index is 14.1. The Kier molecular flexibility index (Phi) is 6.05. The van der Waals surface area contributed by atoms with Crippen LogP contribution in [0.1, 0.15) is 43.0 Å². The second-order valence-electron chi connectivity index (χ2n) is 7.22. The number of ether oxygens (including phenoxy) is 1. The van der Waals surface area contributed by atoms with Crippen LogP contribution in [0.3, 0.4) is 0 Å². The van der Waals surface area contributed by atoms with Crippen molar-refractivity contribution in [3.8, 4) is 0 Å². The molecule has 2 fully saturated rings. The molecule has 2 aliphatic rings. The summed E-state index contributed by atoms with van der Waals surface area (Å²) in [6, 6.07) is 3.51. The maximum Gasteiger partial charge on any atom is 0.326 e. The summed E-state index contributed by atoms with van der Waals surface area (Å²) in [4.78, 5) is 60.7. The van der Waals surface area contributed by atoms with E-state index >= 15 is 0 Å². The van der Waals surface area contributed by atoms with Crippen molar-refractivity contribution < 1.29 is 33.1 Å². The van der Waals surface area contributed by atoms with E-state index in [2.05, 4.69) is 5.32 Å². The molecule has 9 heteroatoms. The van der Waals surface area contributed by atoms with E-state index in [0.29, 0.717) is 12.8 Å². The number of hydrogen-bond donors (Lipinski definition) is 1. The number of fused-ring (bicyclic) bond motifs is 1. The van der Waals surface area contributed by atoms with Gasteiger partial charge in [0.25, 0.3) is 0 Å². The lowest BCUT2D eigenvalue weighted by molar-refractivity contribution is -0.152. The molecule has 1 aliphatic carbocycles. The van der Waals surface area contributed by atoms with Crippen LogP contribution in [0.4, 0.5) is 10.1 Å². The molecular weight excluding hydrogens is 383 g/mol. The van der Waals surface area contributed by atoms with Gasteiger partial charge < -0.3 is 10.1 Å². The van der Waals surface area contributed by atoms with Gasteiger partial charge in [-0.2, -0.15) is 0 Å². The minimum Gasteiger partial charge on any atom is -0.456 e. The van der Waals surface area contributed by atoms with Gasteiger partial charge in [0.05, 0.1) is 17.4 Å². The van der Waals surface area contributed by atoms with Crippen LogP contribution in [-0.2, 0) is 23.9 Å². The number of carbonyl (C=O) groups excluding carboxylic acids is 5. The van der Waals surface area contributed by atoms with Gasteiger partial charge in [-0.05, 0) is 31.0 Å². The first-order valence-electron chi connectivity index (χ1n) is 9.39. The number of nitrogens with one attached hydrogen (secondary N) is 1. The first-order valence-corrected chi connectivity index (χ1v) is 9.39. The molecular formula is C20H21FN2O6. The van der Waals surface area contributed by atoms with Gasteiger partial charge >= 0.3 is 5.97 Å². The van der Waals surface area contributed by atoms with Gasteiger partial charge in [0.1, 0.15) is 12.4 Å². The van der Waals surface area contributed by atoms with E-state index in [9.17, 15) is 28.4 Å². The summed E-state index contributed by atoms with van der Waals surface area (Å²) in [6.45, 7) is -0.0125. The Bertz CT molecular complexity index is 860. The predicted octanol–water partition coefficient (Wildman–Crippen LogP) is 1.69. The molecule has 2 atom stereocenters. The molecule has 154 valence electrons. The van der Waals surface area contributed by atoms with Crippen molar-refractivity contribution in [2.45, 2.75) is 32.6 Å². The summed E-state index contributed by atoms with van der Waals surface area (Å²) < 4.78 is 18.9. The number of rotatable bonds is 6. The molecule has 1 heterocycles. The van der Waals surface area contributed by atoms with E-state index in [4.69, 9.17) is 4.74 Å². The molecule has 3 rings (SSSR count). The summed E-state index contributed by atoms with van der Waals surface area (Å²) in [5.74, 6) is -4.43. The molecule has 3 amide bonds. The third kappa shape index (κ3) is 4.49. The van der Waals surface area contributed by atoms with E-state index in [1.54, 1.807) is 0 Å². The Morgan fingerprint density at radius 1 is 1.14 bits per heavy atom. The highest BCUT2D eigenvalue weighted by atomic mass is 19.1. The van der Waals surface area contributed by atoms with Gasteiger partial charge in [0.2, 0.25) is 23.5 Å². The minimum atomic E-state index is -0.908. The zero-order valence-electron chi connectivity index (χ0n) is 15.9. The van der Waals surface area contributed by atoms with Gasteiger partial charge in [0, 0.05) is 12.6 Å². The second kappa shape index (κ2) is 8.50. The summed E-state index contributed by atoms with van der Waals surface area (Å²) >= 11 is 0. The van der Waals surface area contributed by atoms with Gasteiger partial charge in [-0.15, -0.1) is 0 Å². The number of anilines is 1. The molecule has 1 saturated heterocycles. The molecule has 0 radical (unpaired) electrons. The standard InChI is InChI=1S/C20H21FN2O6/c1-11(24)22-12-6-7-15(16(21)8-12)17(25)10-29-18(26)9-23-19(27)13-4-2-3-5-14(13)20(23)28/h6-8,13-14H,2-5,9-10H2,1H3,(H,22,24)/t13-,14-/m0/s1. The number of Topliss-reactive ketones (excluding diaryl/α,β-unsaturated/α-hetero) is 1. The van der Waals surface area contributed by atoms with Gasteiger partial charge in [-0.25, -0.2) is 4.39 Å². The lowest BCUT2D eigenvalue weighted by Gasteiger charge is -2.19. The fourth-order valence-electron chi connectivity index (χ4n) is 3.81. The number of benzene rings is 1. The van der Waals surface area contributed by atoms with Crippen molar-refractivity contribution in [2.75, 3.05) is 18.5 Å². The molecule has 0 aromatic heterocycles. The summed E-state index contributed by atoms with van der Waals surface area (Å²) in [5.41, 5.74) is -0.109. The molecule has 8 nitrogen and oxygen atoms in total. The van der Waals surface area contributed by atoms with Crippen LogP contribution in [0.25, 0.3) is 0 Å². The van der Waals surface area contributed by atoms with Crippen LogP contribution in [0.2, 0.25) is 0 Å². The van der Waals surface area contributed by atoms with Crippen LogP contribution in [-0.4, -0.2) is 47.5 Å². The fraction of sp³-hybridized carbons (Fsp3) is 0.450.